The number of aromatic nitrogens is 4. The molecule has 0 N–H and O–H groups in total. The highest BCUT2D eigenvalue weighted by molar-refractivity contribution is 5.67. The Hall–Kier alpha value is -3.74. The van der Waals surface area contributed by atoms with E-state index in [2.05, 4.69) is 48.3 Å². The summed E-state index contributed by atoms with van der Waals surface area (Å²) >= 11 is 0. The number of carbonyl (C=O) groups excluding carboxylic acids is 1. The Morgan fingerprint density at radius 2 is 1.89 bits per heavy atom. The minimum atomic E-state index is -0.459. The zero-order valence-electron chi connectivity index (χ0n) is 20.6. The first-order valence-electron chi connectivity index (χ1n) is 12.1. The molecule has 7 heteroatoms. The Labute approximate surface area is 205 Å². The molecule has 4 aromatic rings. The Bertz CT molecular complexity index is 1350. The molecule has 2 heterocycles. The molecular formula is C28H30N4O3. The third kappa shape index (κ3) is 5.04. The molecule has 0 atom stereocenters. The lowest BCUT2D eigenvalue weighted by Crippen LogP contribution is -2.16. The van der Waals surface area contributed by atoms with Gasteiger partial charge in [-0.15, -0.1) is 0 Å². The lowest BCUT2D eigenvalue weighted by atomic mass is 10.0. The molecule has 0 saturated heterocycles. The number of carbonyl (C=O) groups is 1. The van der Waals surface area contributed by atoms with Gasteiger partial charge in [-0.3, -0.25) is 9.48 Å². The van der Waals surface area contributed by atoms with Gasteiger partial charge in [-0.2, -0.15) is 10.1 Å². The molecule has 1 fully saturated rings. The van der Waals surface area contributed by atoms with Gasteiger partial charge in [0.25, 0.3) is 5.89 Å². The van der Waals surface area contributed by atoms with Crippen LogP contribution in [-0.2, 0) is 28.1 Å². The quantitative estimate of drug-likeness (QED) is 0.307. The summed E-state index contributed by atoms with van der Waals surface area (Å²) in [6, 6.07) is 18.4. The number of esters is 1. The number of hydrogen-bond acceptors (Lipinski definition) is 6. The van der Waals surface area contributed by atoms with Crippen LogP contribution in [-0.4, -0.2) is 25.9 Å². The van der Waals surface area contributed by atoms with Crippen LogP contribution in [0.3, 0.4) is 0 Å². The lowest BCUT2D eigenvalue weighted by molar-refractivity contribution is -0.149. The van der Waals surface area contributed by atoms with Crippen molar-refractivity contribution in [2.45, 2.75) is 59.1 Å². The Kier molecular flexibility index (Phi) is 6.01. The standard InChI is InChI=1S/C28H30N4O3/c1-18(2)14-21-8-10-23(11-9-21)26-29-27(35-31-26)25-15-19(3)32(30-25)17-22-6-5-7-24(16-22)28(12-13-28)34-20(4)33/h5-11,15-16,18H,12-14,17H2,1-4H3. The molecule has 180 valence electrons. The second kappa shape index (κ2) is 9.13. The number of ether oxygens (including phenoxy) is 1. The number of rotatable bonds is 8. The Balaban J connectivity index is 1.32. The van der Waals surface area contributed by atoms with Gasteiger partial charge in [-0.25, -0.2) is 0 Å². The van der Waals surface area contributed by atoms with Crippen LogP contribution >= 0.6 is 0 Å². The summed E-state index contributed by atoms with van der Waals surface area (Å²) in [4.78, 5) is 16.1. The largest absolute Gasteiger partial charge is 0.454 e. The van der Waals surface area contributed by atoms with E-state index >= 15 is 0 Å². The maximum absolute atomic E-state index is 11.5. The first-order chi connectivity index (χ1) is 16.8. The van der Waals surface area contributed by atoms with E-state index in [4.69, 9.17) is 14.4 Å². The van der Waals surface area contributed by atoms with Gasteiger partial charge in [0.15, 0.2) is 5.69 Å². The third-order valence-electron chi connectivity index (χ3n) is 6.31. The third-order valence-corrected chi connectivity index (χ3v) is 6.31. The molecule has 0 amide bonds. The van der Waals surface area contributed by atoms with E-state index < -0.39 is 5.60 Å². The fourth-order valence-corrected chi connectivity index (χ4v) is 4.45. The molecule has 2 aromatic carbocycles. The van der Waals surface area contributed by atoms with E-state index in [0.29, 0.717) is 29.9 Å². The highest BCUT2D eigenvalue weighted by Crippen LogP contribution is 2.49. The fourth-order valence-electron chi connectivity index (χ4n) is 4.45. The number of benzene rings is 2. The maximum Gasteiger partial charge on any atom is 0.303 e. The van der Waals surface area contributed by atoms with Gasteiger partial charge in [0.2, 0.25) is 5.82 Å². The van der Waals surface area contributed by atoms with E-state index in [1.807, 2.05) is 41.9 Å². The monoisotopic (exact) mass is 470 g/mol. The minimum absolute atomic E-state index is 0.245. The average molecular weight is 471 g/mol. The van der Waals surface area contributed by atoms with E-state index in [1.165, 1.54) is 12.5 Å². The molecule has 0 radical (unpaired) electrons. The first kappa shape index (κ1) is 23.0. The molecule has 0 aliphatic heterocycles. The van der Waals surface area contributed by atoms with Crippen molar-refractivity contribution >= 4 is 5.97 Å². The van der Waals surface area contributed by atoms with Crippen molar-refractivity contribution in [3.63, 3.8) is 0 Å². The zero-order chi connectivity index (χ0) is 24.6. The molecule has 1 aliphatic carbocycles. The van der Waals surface area contributed by atoms with Gasteiger partial charge in [-0.05, 0) is 60.9 Å². The Morgan fingerprint density at radius 3 is 2.57 bits per heavy atom. The normalized spacial score (nSPS) is 14.3. The van der Waals surface area contributed by atoms with Crippen molar-refractivity contribution < 1.29 is 14.1 Å². The summed E-state index contributed by atoms with van der Waals surface area (Å²) in [5.41, 5.74) is 5.52. The van der Waals surface area contributed by atoms with Crippen molar-refractivity contribution in [3.8, 4) is 23.0 Å². The van der Waals surface area contributed by atoms with Crippen molar-refractivity contribution in [1.82, 2.24) is 19.9 Å². The zero-order valence-corrected chi connectivity index (χ0v) is 20.6. The van der Waals surface area contributed by atoms with E-state index in [0.717, 1.165) is 41.6 Å². The van der Waals surface area contributed by atoms with Crippen LogP contribution in [0.5, 0.6) is 0 Å². The second-order valence-electron chi connectivity index (χ2n) is 9.83. The topological polar surface area (TPSA) is 83.0 Å². The summed E-state index contributed by atoms with van der Waals surface area (Å²) in [5, 5.41) is 8.89. The smallest absolute Gasteiger partial charge is 0.303 e. The van der Waals surface area contributed by atoms with Gasteiger partial charge < -0.3 is 9.26 Å². The van der Waals surface area contributed by atoms with Crippen LogP contribution in [0.25, 0.3) is 23.0 Å². The molecule has 1 saturated carbocycles. The van der Waals surface area contributed by atoms with Crippen LogP contribution in [0.4, 0.5) is 0 Å². The summed E-state index contributed by atoms with van der Waals surface area (Å²) in [6.07, 6.45) is 2.77. The highest BCUT2D eigenvalue weighted by Gasteiger charge is 2.48. The summed E-state index contributed by atoms with van der Waals surface area (Å²) < 4.78 is 13.1. The molecule has 0 bridgehead atoms. The minimum Gasteiger partial charge on any atom is -0.454 e. The molecule has 5 rings (SSSR count). The van der Waals surface area contributed by atoms with Crippen LogP contribution in [0, 0.1) is 12.8 Å². The Morgan fingerprint density at radius 1 is 1.11 bits per heavy atom. The molecular weight excluding hydrogens is 440 g/mol. The van der Waals surface area contributed by atoms with E-state index in [-0.39, 0.29) is 5.97 Å². The van der Waals surface area contributed by atoms with E-state index in [9.17, 15) is 4.79 Å². The predicted molar refractivity (Wildman–Crippen MR) is 132 cm³/mol. The molecule has 2 aromatic heterocycles. The van der Waals surface area contributed by atoms with Crippen LogP contribution < -0.4 is 0 Å². The molecule has 0 unspecified atom stereocenters. The maximum atomic E-state index is 11.5. The van der Waals surface area contributed by atoms with Crippen LogP contribution in [0.1, 0.15) is 56.0 Å². The van der Waals surface area contributed by atoms with Crippen molar-refractivity contribution in [1.29, 1.82) is 0 Å². The van der Waals surface area contributed by atoms with Gasteiger partial charge >= 0.3 is 5.97 Å². The van der Waals surface area contributed by atoms with Crippen LogP contribution in [0.15, 0.2) is 59.1 Å². The van der Waals surface area contributed by atoms with Gasteiger partial charge in [-0.1, -0.05) is 61.5 Å². The average Bonchev–Trinajstić information content (AvgIpc) is 3.25. The molecule has 0 spiro atoms. The van der Waals surface area contributed by atoms with Gasteiger partial charge in [0.05, 0.1) is 6.54 Å². The van der Waals surface area contributed by atoms with Gasteiger partial charge in [0, 0.05) is 18.2 Å². The number of hydrogen-bond donors (Lipinski definition) is 0. The summed E-state index contributed by atoms with van der Waals surface area (Å²) in [5.74, 6) is 1.32. The van der Waals surface area contributed by atoms with Crippen molar-refractivity contribution in [3.05, 3.63) is 77.0 Å². The SMILES string of the molecule is CC(=O)OC1(c2cccc(Cn3nc(-c4nc(-c5ccc(CC(C)C)cc5)no4)cc3C)c2)CC1. The fraction of sp³-hybridized carbons (Fsp3) is 0.357. The van der Waals surface area contributed by atoms with E-state index in [1.54, 1.807) is 0 Å². The number of aryl methyl sites for hydroxylation is 1. The summed E-state index contributed by atoms with van der Waals surface area (Å²) in [6.45, 7) is 8.48. The molecule has 7 nitrogen and oxygen atoms in total. The molecule has 1 aliphatic rings. The molecule has 35 heavy (non-hydrogen) atoms. The van der Waals surface area contributed by atoms with Crippen molar-refractivity contribution in [2.75, 3.05) is 0 Å². The van der Waals surface area contributed by atoms with Gasteiger partial charge in [0.1, 0.15) is 5.60 Å². The predicted octanol–water partition coefficient (Wildman–Crippen LogP) is 5.71. The first-order valence-corrected chi connectivity index (χ1v) is 12.1. The van der Waals surface area contributed by atoms with Crippen LogP contribution in [0.2, 0.25) is 0 Å². The highest BCUT2D eigenvalue weighted by atomic mass is 16.6. The van der Waals surface area contributed by atoms with Crippen molar-refractivity contribution in [2.24, 2.45) is 5.92 Å². The second-order valence-corrected chi connectivity index (χ2v) is 9.83. The number of nitrogens with zero attached hydrogens (tertiary/aromatic N) is 4. The summed E-state index contributed by atoms with van der Waals surface area (Å²) in [7, 11) is 0. The lowest BCUT2D eigenvalue weighted by Gasteiger charge is -2.17.